The lowest BCUT2D eigenvalue weighted by Crippen LogP contribution is -2.19. The highest BCUT2D eigenvalue weighted by molar-refractivity contribution is 5.32. The Kier molecular flexibility index (Phi) is 4.50. The third-order valence-corrected chi connectivity index (χ3v) is 3.50. The molecule has 0 amide bonds. The molecule has 0 fully saturated rings. The van der Waals surface area contributed by atoms with Crippen LogP contribution in [0, 0.1) is 25.5 Å². The minimum atomic E-state index is -0.414. The molecule has 0 heterocycles. The van der Waals surface area contributed by atoms with E-state index in [0.29, 0.717) is 12.1 Å². The van der Waals surface area contributed by atoms with Gasteiger partial charge in [0.25, 0.3) is 0 Å². The van der Waals surface area contributed by atoms with Crippen LogP contribution in [-0.4, -0.2) is 0 Å². The molecule has 0 aromatic heterocycles. The van der Waals surface area contributed by atoms with E-state index in [0.717, 1.165) is 12.1 Å². The second-order valence-corrected chi connectivity index (χ2v) is 5.20. The number of hydrogen-bond donors (Lipinski definition) is 1. The number of nitrogens with one attached hydrogen (secondary N) is 1. The molecule has 1 unspecified atom stereocenters. The fraction of sp³-hybridized carbons (Fsp3) is 0.294. The fourth-order valence-corrected chi connectivity index (χ4v) is 2.36. The van der Waals surface area contributed by atoms with E-state index in [-0.39, 0.29) is 11.9 Å². The molecule has 0 radical (unpaired) electrons. The highest BCUT2D eigenvalue weighted by atomic mass is 19.1. The summed E-state index contributed by atoms with van der Waals surface area (Å²) >= 11 is 0. The van der Waals surface area contributed by atoms with Crippen LogP contribution < -0.4 is 5.32 Å². The van der Waals surface area contributed by atoms with Crippen LogP contribution in [0.3, 0.4) is 0 Å². The van der Waals surface area contributed by atoms with Crippen LogP contribution in [0.25, 0.3) is 0 Å². The van der Waals surface area contributed by atoms with Crippen LogP contribution in [0.1, 0.15) is 35.2 Å². The quantitative estimate of drug-likeness (QED) is 0.870. The Morgan fingerprint density at radius 2 is 1.80 bits per heavy atom. The Labute approximate surface area is 118 Å². The first-order valence-corrected chi connectivity index (χ1v) is 6.72. The first-order valence-electron chi connectivity index (χ1n) is 6.72. The highest BCUT2D eigenvalue weighted by Gasteiger charge is 2.10. The van der Waals surface area contributed by atoms with Gasteiger partial charge in [0.05, 0.1) is 0 Å². The zero-order valence-electron chi connectivity index (χ0n) is 12.0. The largest absolute Gasteiger partial charge is 0.306 e. The van der Waals surface area contributed by atoms with Crippen molar-refractivity contribution in [2.75, 3.05) is 0 Å². The summed E-state index contributed by atoms with van der Waals surface area (Å²) < 4.78 is 26.7. The second-order valence-electron chi connectivity index (χ2n) is 5.20. The second kappa shape index (κ2) is 6.14. The van der Waals surface area contributed by atoms with Crippen molar-refractivity contribution in [3.8, 4) is 0 Å². The van der Waals surface area contributed by atoms with E-state index >= 15 is 0 Å². The predicted octanol–water partition coefficient (Wildman–Crippen LogP) is 4.43. The Morgan fingerprint density at radius 3 is 2.50 bits per heavy atom. The number of rotatable bonds is 4. The molecule has 2 rings (SSSR count). The number of benzene rings is 2. The van der Waals surface area contributed by atoms with Gasteiger partial charge in [-0.2, -0.15) is 0 Å². The molecule has 3 heteroatoms. The molecule has 1 nitrogen and oxygen atoms in total. The molecule has 2 aromatic rings. The van der Waals surface area contributed by atoms with Gasteiger partial charge in [0.2, 0.25) is 0 Å². The Balaban J connectivity index is 2.08. The van der Waals surface area contributed by atoms with Crippen molar-refractivity contribution in [3.05, 3.63) is 70.3 Å². The van der Waals surface area contributed by atoms with Crippen molar-refractivity contribution >= 4 is 0 Å². The number of aryl methyl sites for hydroxylation is 2. The molecule has 0 aliphatic carbocycles. The Bertz CT molecular complexity index is 608. The summed E-state index contributed by atoms with van der Waals surface area (Å²) in [6, 6.07) is 9.86. The minimum absolute atomic E-state index is 0.0817. The summed E-state index contributed by atoms with van der Waals surface area (Å²) in [6.07, 6.45) is 0. The number of halogens is 2. The van der Waals surface area contributed by atoms with Gasteiger partial charge in [-0.05, 0) is 50.1 Å². The van der Waals surface area contributed by atoms with Gasteiger partial charge < -0.3 is 5.32 Å². The number of hydrogen-bond acceptors (Lipinski definition) is 1. The normalized spacial score (nSPS) is 12.4. The van der Waals surface area contributed by atoms with Crippen LogP contribution in [0.15, 0.2) is 36.4 Å². The van der Waals surface area contributed by atoms with E-state index in [1.165, 1.54) is 22.8 Å². The maximum absolute atomic E-state index is 13.5. The van der Waals surface area contributed by atoms with Crippen LogP contribution in [0.2, 0.25) is 0 Å². The molecule has 0 bridgehead atoms. The lowest BCUT2D eigenvalue weighted by molar-refractivity contribution is 0.534. The van der Waals surface area contributed by atoms with Crippen LogP contribution >= 0.6 is 0 Å². The van der Waals surface area contributed by atoms with Crippen molar-refractivity contribution in [3.63, 3.8) is 0 Å². The SMILES string of the molecule is Cc1ccc(C(C)NCc2cc(F)ccc2F)c(C)c1. The van der Waals surface area contributed by atoms with Crippen LogP contribution in [0.5, 0.6) is 0 Å². The maximum atomic E-state index is 13.5. The fourth-order valence-electron chi connectivity index (χ4n) is 2.36. The highest BCUT2D eigenvalue weighted by Crippen LogP contribution is 2.19. The summed E-state index contributed by atoms with van der Waals surface area (Å²) in [5.41, 5.74) is 3.94. The average molecular weight is 275 g/mol. The van der Waals surface area contributed by atoms with Crippen molar-refractivity contribution in [1.29, 1.82) is 0 Å². The molecule has 20 heavy (non-hydrogen) atoms. The molecule has 1 atom stereocenters. The van der Waals surface area contributed by atoms with E-state index < -0.39 is 5.82 Å². The van der Waals surface area contributed by atoms with Crippen molar-refractivity contribution in [2.45, 2.75) is 33.4 Å². The zero-order valence-corrected chi connectivity index (χ0v) is 12.0. The Hall–Kier alpha value is -1.74. The molecule has 1 N–H and O–H groups in total. The lowest BCUT2D eigenvalue weighted by atomic mass is 10.00. The summed E-state index contributed by atoms with van der Waals surface area (Å²) in [6.45, 7) is 6.44. The van der Waals surface area contributed by atoms with E-state index in [2.05, 4.69) is 37.4 Å². The summed E-state index contributed by atoms with van der Waals surface area (Å²) in [5, 5.41) is 3.24. The van der Waals surface area contributed by atoms with Gasteiger partial charge >= 0.3 is 0 Å². The molecule has 0 spiro atoms. The predicted molar refractivity (Wildman–Crippen MR) is 77.5 cm³/mol. The van der Waals surface area contributed by atoms with Gasteiger partial charge in [0, 0.05) is 18.2 Å². The van der Waals surface area contributed by atoms with Gasteiger partial charge in [0.15, 0.2) is 0 Å². The molecule has 0 saturated carbocycles. The maximum Gasteiger partial charge on any atom is 0.127 e. The molecule has 0 aliphatic heterocycles. The van der Waals surface area contributed by atoms with Crippen molar-refractivity contribution < 1.29 is 8.78 Å². The molecule has 106 valence electrons. The van der Waals surface area contributed by atoms with E-state index in [1.807, 2.05) is 6.92 Å². The van der Waals surface area contributed by atoms with Crippen molar-refractivity contribution in [1.82, 2.24) is 5.32 Å². The average Bonchev–Trinajstić information content (AvgIpc) is 2.39. The first kappa shape index (κ1) is 14.7. The topological polar surface area (TPSA) is 12.0 Å². The molecular weight excluding hydrogens is 256 g/mol. The summed E-state index contributed by atoms with van der Waals surface area (Å²) in [4.78, 5) is 0. The zero-order chi connectivity index (χ0) is 14.7. The van der Waals surface area contributed by atoms with Crippen LogP contribution in [-0.2, 0) is 6.54 Å². The molecule has 2 aromatic carbocycles. The molecule has 0 saturated heterocycles. The van der Waals surface area contributed by atoms with Crippen LogP contribution in [0.4, 0.5) is 8.78 Å². The van der Waals surface area contributed by atoms with E-state index in [4.69, 9.17) is 0 Å². The monoisotopic (exact) mass is 275 g/mol. The standard InChI is InChI=1S/C17H19F2N/c1-11-4-6-16(12(2)8-11)13(3)20-10-14-9-15(18)5-7-17(14)19/h4-9,13,20H,10H2,1-3H3. The smallest absolute Gasteiger partial charge is 0.127 e. The third kappa shape index (κ3) is 3.42. The van der Waals surface area contributed by atoms with Gasteiger partial charge in [-0.1, -0.05) is 23.8 Å². The summed E-state index contributed by atoms with van der Waals surface area (Å²) in [5.74, 6) is -0.797. The van der Waals surface area contributed by atoms with Gasteiger partial charge in [-0.15, -0.1) is 0 Å². The van der Waals surface area contributed by atoms with Gasteiger partial charge in [0.1, 0.15) is 11.6 Å². The Morgan fingerprint density at radius 1 is 1.05 bits per heavy atom. The van der Waals surface area contributed by atoms with E-state index in [9.17, 15) is 8.78 Å². The van der Waals surface area contributed by atoms with Gasteiger partial charge in [-0.25, -0.2) is 8.78 Å². The lowest BCUT2D eigenvalue weighted by Gasteiger charge is -2.17. The van der Waals surface area contributed by atoms with E-state index in [1.54, 1.807) is 0 Å². The first-order chi connectivity index (χ1) is 9.47. The van der Waals surface area contributed by atoms with Crippen molar-refractivity contribution in [2.24, 2.45) is 0 Å². The third-order valence-electron chi connectivity index (χ3n) is 3.50. The summed E-state index contributed by atoms with van der Waals surface area (Å²) in [7, 11) is 0. The minimum Gasteiger partial charge on any atom is -0.306 e. The molecule has 0 aliphatic rings. The molecular formula is C17H19F2N. The van der Waals surface area contributed by atoms with Gasteiger partial charge in [-0.3, -0.25) is 0 Å².